The lowest BCUT2D eigenvalue weighted by Crippen LogP contribution is -2.02. The van der Waals surface area contributed by atoms with Gasteiger partial charge in [0, 0.05) is 17.1 Å². The van der Waals surface area contributed by atoms with Crippen LogP contribution in [-0.4, -0.2) is 15.3 Å². The van der Waals surface area contributed by atoms with Crippen LogP contribution in [0.1, 0.15) is 12.5 Å². The van der Waals surface area contributed by atoms with Gasteiger partial charge in [0.2, 0.25) is 5.13 Å². The van der Waals surface area contributed by atoms with Crippen LogP contribution >= 0.6 is 11.3 Å². The quantitative estimate of drug-likeness (QED) is 0.524. The number of anilines is 2. The van der Waals surface area contributed by atoms with Crippen LogP contribution in [-0.2, 0) is 6.42 Å². The van der Waals surface area contributed by atoms with Gasteiger partial charge in [-0.2, -0.15) is 0 Å². The normalized spacial score (nSPS) is 11.0. The molecule has 2 heterocycles. The fraction of sp³-hybridized carbons (Fsp3) is 0.105. The van der Waals surface area contributed by atoms with Crippen LogP contribution in [0.2, 0.25) is 0 Å². The number of nitrogens with one attached hydrogen (secondary N) is 1. The molecule has 0 aliphatic carbocycles. The standard InChI is InChI=1S/C19H15N3O3S/c1-2-11-3-6-13(7-4-11)20-19-22-21-17(26-19)15-9-12-5-8-14(23)10-16(12)25-18(15)24/h3-10,23H,2H2,1H3,(H,20,22). The Morgan fingerprint density at radius 2 is 1.92 bits per heavy atom. The smallest absolute Gasteiger partial charge is 0.346 e. The van der Waals surface area contributed by atoms with Gasteiger partial charge in [0.25, 0.3) is 0 Å². The first kappa shape index (κ1) is 16.3. The van der Waals surface area contributed by atoms with E-state index in [4.69, 9.17) is 4.42 Å². The van der Waals surface area contributed by atoms with Crippen molar-refractivity contribution >= 4 is 33.1 Å². The molecule has 0 fully saturated rings. The Morgan fingerprint density at radius 3 is 2.69 bits per heavy atom. The Labute approximate surface area is 152 Å². The maximum atomic E-state index is 12.3. The van der Waals surface area contributed by atoms with Gasteiger partial charge in [-0.15, -0.1) is 10.2 Å². The lowest BCUT2D eigenvalue weighted by Gasteiger charge is -2.02. The van der Waals surface area contributed by atoms with Gasteiger partial charge in [-0.1, -0.05) is 30.4 Å². The maximum Gasteiger partial charge on any atom is 0.346 e. The van der Waals surface area contributed by atoms with Gasteiger partial charge in [-0.3, -0.25) is 0 Å². The van der Waals surface area contributed by atoms with Gasteiger partial charge in [0.05, 0.1) is 5.56 Å². The topological polar surface area (TPSA) is 88.2 Å². The average molecular weight is 365 g/mol. The molecule has 2 N–H and O–H groups in total. The highest BCUT2D eigenvalue weighted by Crippen LogP contribution is 2.29. The largest absolute Gasteiger partial charge is 0.508 e. The molecule has 0 spiro atoms. The molecule has 2 aromatic carbocycles. The molecule has 0 amide bonds. The first-order valence-electron chi connectivity index (χ1n) is 8.09. The zero-order chi connectivity index (χ0) is 18.1. The number of fused-ring (bicyclic) bond motifs is 1. The summed E-state index contributed by atoms with van der Waals surface area (Å²) >= 11 is 1.27. The van der Waals surface area contributed by atoms with Crippen molar-refractivity contribution in [3.05, 3.63) is 64.5 Å². The summed E-state index contributed by atoms with van der Waals surface area (Å²) in [5.74, 6) is 0.0462. The number of phenolic OH excluding ortho intramolecular Hbond substituents is 1. The first-order valence-corrected chi connectivity index (χ1v) is 8.91. The second-order valence-electron chi connectivity index (χ2n) is 5.76. The van der Waals surface area contributed by atoms with E-state index < -0.39 is 5.63 Å². The van der Waals surface area contributed by atoms with Gasteiger partial charge in [0.1, 0.15) is 11.3 Å². The van der Waals surface area contributed by atoms with Crippen LogP contribution in [0, 0.1) is 0 Å². The van der Waals surface area contributed by atoms with Crippen LogP contribution in [0.5, 0.6) is 5.75 Å². The third-order valence-corrected chi connectivity index (χ3v) is 4.86. The van der Waals surface area contributed by atoms with E-state index in [1.807, 2.05) is 12.1 Å². The minimum absolute atomic E-state index is 0.0462. The lowest BCUT2D eigenvalue weighted by atomic mass is 10.1. The SMILES string of the molecule is CCc1ccc(Nc2nnc(-c3cc4ccc(O)cc4oc3=O)s2)cc1. The second kappa shape index (κ2) is 6.61. The highest BCUT2D eigenvalue weighted by atomic mass is 32.1. The Kier molecular flexibility index (Phi) is 4.14. The van der Waals surface area contributed by atoms with Gasteiger partial charge < -0.3 is 14.8 Å². The van der Waals surface area contributed by atoms with E-state index >= 15 is 0 Å². The fourth-order valence-corrected chi connectivity index (χ4v) is 3.35. The number of phenols is 1. The maximum absolute atomic E-state index is 12.3. The Bertz CT molecular complexity index is 1130. The number of hydrogen-bond donors (Lipinski definition) is 2. The monoisotopic (exact) mass is 365 g/mol. The number of hydrogen-bond acceptors (Lipinski definition) is 7. The molecule has 4 aromatic rings. The number of aromatic nitrogens is 2. The minimum Gasteiger partial charge on any atom is -0.508 e. The van der Waals surface area contributed by atoms with Crippen molar-refractivity contribution in [1.82, 2.24) is 10.2 Å². The molecule has 0 atom stereocenters. The molecule has 0 unspecified atom stereocenters. The van der Waals surface area contributed by atoms with Gasteiger partial charge in [-0.25, -0.2) is 4.79 Å². The molecule has 26 heavy (non-hydrogen) atoms. The van der Waals surface area contributed by atoms with Crippen molar-refractivity contribution in [2.75, 3.05) is 5.32 Å². The predicted octanol–water partition coefficient (Wildman–Crippen LogP) is 4.32. The number of nitrogens with zero attached hydrogens (tertiary/aromatic N) is 2. The minimum atomic E-state index is -0.516. The molecule has 0 saturated carbocycles. The van der Waals surface area contributed by atoms with Crippen molar-refractivity contribution < 1.29 is 9.52 Å². The van der Waals surface area contributed by atoms with E-state index in [9.17, 15) is 9.90 Å². The molecular formula is C19H15N3O3S. The van der Waals surface area contributed by atoms with Gasteiger partial charge >= 0.3 is 5.63 Å². The number of aryl methyl sites for hydroxylation is 1. The third kappa shape index (κ3) is 3.16. The number of rotatable bonds is 4. The predicted molar refractivity (Wildman–Crippen MR) is 102 cm³/mol. The lowest BCUT2D eigenvalue weighted by molar-refractivity contribution is 0.473. The molecular weight excluding hydrogens is 350 g/mol. The van der Waals surface area contributed by atoms with E-state index in [-0.39, 0.29) is 5.75 Å². The van der Waals surface area contributed by atoms with Crippen LogP contribution in [0.15, 0.2) is 57.7 Å². The summed E-state index contributed by atoms with van der Waals surface area (Å²) in [4.78, 5) is 12.3. The molecule has 7 heteroatoms. The van der Waals surface area contributed by atoms with Gasteiger partial charge in [0.15, 0.2) is 5.01 Å². The molecule has 0 bridgehead atoms. The van der Waals surface area contributed by atoms with Crippen molar-refractivity contribution in [2.45, 2.75) is 13.3 Å². The van der Waals surface area contributed by atoms with Crippen LogP contribution in [0.4, 0.5) is 10.8 Å². The van der Waals surface area contributed by atoms with Gasteiger partial charge in [-0.05, 0) is 42.3 Å². The Morgan fingerprint density at radius 1 is 1.12 bits per heavy atom. The summed E-state index contributed by atoms with van der Waals surface area (Å²) < 4.78 is 5.28. The molecule has 0 aliphatic heterocycles. The van der Waals surface area contributed by atoms with E-state index in [0.29, 0.717) is 26.7 Å². The highest BCUT2D eigenvalue weighted by molar-refractivity contribution is 7.18. The van der Waals surface area contributed by atoms with E-state index in [1.54, 1.807) is 18.2 Å². The van der Waals surface area contributed by atoms with E-state index in [1.165, 1.54) is 23.0 Å². The first-order chi connectivity index (χ1) is 12.6. The van der Waals surface area contributed by atoms with Crippen molar-refractivity contribution in [3.8, 4) is 16.3 Å². The summed E-state index contributed by atoms with van der Waals surface area (Å²) in [6.45, 7) is 2.11. The van der Waals surface area contributed by atoms with E-state index in [2.05, 4.69) is 34.6 Å². The highest BCUT2D eigenvalue weighted by Gasteiger charge is 2.13. The summed E-state index contributed by atoms with van der Waals surface area (Å²) in [7, 11) is 0. The van der Waals surface area contributed by atoms with E-state index in [0.717, 1.165) is 12.1 Å². The van der Waals surface area contributed by atoms with Crippen LogP contribution in [0.25, 0.3) is 21.5 Å². The molecule has 4 rings (SSSR count). The summed E-state index contributed by atoms with van der Waals surface area (Å²) in [5, 5.41) is 22.7. The summed E-state index contributed by atoms with van der Waals surface area (Å²) in [6.07, 6.45) is 0.985. The zero-order valence-electron chi connectivity index (χ0n) is 13.9. The molecule has 6 nitrogen and oxygen atoms in total. The third-order valence-electron chi connectivity index (χ3n) is 3.99. The summed E-state index contributed by atoms with van der Waals surface area (Å²) in [6, 6.07) is 14.4. The summed E-state index contributed by atoms with van der Waals surface area (Å²) in [5.41, 5.74) is 2.32. The Hall–Kier alpha value is -3.19. The Balaban J connectivity index is 1.64. The number of aromatic hydroxyl groups is 1. The average Bonchev–Trinajstić information content (AvgIpc) is 3.10. The van der Waals surface area contributed by atoms with Crippen LogP contribution in [0.3, 0.4) is 0 Å². The van der Waals surface area contributed by atoms with Crippen molar-refractivity contribution in [2.24, 2.45) is 0 Å². The number of benzene rings is 2. The van der Waals surface area contributed by atoms with Crippen molar-refractivity contribution in [3.63, 3.8) is 0 Å². The molecule has 0 saturated heterocycles. The fourth-order valence-electron chi connectivity index (χ4n) is 2.58. The van der Waals surface area contributed by atoms with Crippen molar-refractivity contribution in [1.29, 1.82) is 0 Å². The zero-order valence-corrected chi connectivity index (χ0v) is 14.7. The molecule has 0 aliphatic rings. The molecule has 130 valence electrons. The molecule has 0 radical (unpaired) electrons. The second-order valence-corrected chi connectivity index (χ2v) is 6.74. The molecule has 2 aromatic heterocycles. The van der Waals surface area contributed by atoms with Crippen LogP contribution < -0.4 is 10.9 Å².